The van der Waals surface area contributed by atoms with Gasteiger partial charge in [0.15, 0.2) is 12.2 Å². The first kappa shape index (κ1) is 23.2. The van der Waals surface area contributed by atoms with Gasteiger partial charge in [0.25, 0.3) is 5.56 Å². The third-order valence-electron chi connectivity index (χ3n) is 7.36. The fraction of sp³-hybridized carbons (Fsp3) is 0.321. The molecule has 0 spiro atoms. The van der Waals surface area contributed by atoms with E-state index in [1.807, 2.05) is 49.6 Å². The minimum atomic E-state index is -0.0694. The zero-order chi connectivity index (χ0) is 24.8. The minimum Gasteiger partial charge on any atom is -0.496 e. The van der Waals surface area contributed by atoms with E-state index < -0.39 is 0 Å². The van der Waals surface area contributed by atoms with Crippen LogP contribution in [0.3, 0.4) is 0 Å². The number of aromatic nitrogens is 2. The summed E-state index contributed by atoms with van der Waals surface area (Å²) in [6.07, 6.45) is 5.02. The van der Waals surface area contributed by atoms with Gasteiger partial charge >= 0.3 is 0 Å². The highest BCUT2D eigenvalue weighted by molar-refractivity contribution is 7.93. The molecular formula is C28H30N4O3S. The molecule has 0 radical (unpaired) electrons. The predicted octanol–water partition coefficient (Wildman–Crippen LogP) is 4.36. The van der Waals surface area contributed by atoms with Gasteiger partial charge in [-0.1, -0.05) is 29.8 Å². The number of aryl methyl sites for hydroxylation is 2. The minimum absolute atomic E-state index is 0.0694. The number of hydrogen-bond acceptors (Lipinski definition) is 6. The van der Waals surface area contributed by atoms with Crippen LogP contribution in [0.15, 0.2) is 65.7 Å². The van der Waals surface area contributed by atoms with Crippen LogP contribution in [0.2, 0.25) is 0 Å². The number of nitrogens with one attached hydrogen (secondary N) is 1. The number of fused-ring (bicyclic) bond motifs is 3. The number of piperazine rings is 1. The topological polar surface area (TPSA) is 60.7 Å². The quantitative estimate of drug-likeness (QED) is 0.379. The van der Waals surface area contributed by atoms with E-state index in [9.17, 15) is 4.79 Å². The summed E-state index contributed by atoms with van der Waals surface area (Å²) < 4.78 is 15.1. The van der Waals surface area contributed by atoms with E-state index in [1.54, 1.807) is 22.7 Å². The van der Waals surface area contributed by atoms with E-state index in [2.05, 4.69) is 28.4 Å². The number of rotatable bonds is 7. The van der Waals surface area contributed by atoms with Gasteiger partial charge in [-0.15, -0.1) is 0 Å². The maximum Gasteiger partial charge on any atom is 0.275 e. The normalized spacial score (nSPS) is 19.3. The van der Waals surface area contributed by atoms with E-state index in [0.29, 0.717) is 17.6 Å². The molecule has 2 fully saturated rings. The Kier molecular flexibility index (Phi) is 6.03. The van der Waals surface area contributed by atoms with Crippen molar-refractivity contribution in [2.45, 2.75) is 32.0 Å². The van der Waals surface area contributed by atoms with E-state index in [1.165, 1.54) is 17.5 Å². The van der Waals surface area contributed by atoms with Crippen LogP contribution < -0.4 is 19.8 Å². The highest BCUT2D eigenvalue weighted by Gasteiger charge is 2.37. The predicted molar refractivity (Wildman–Crippen MR) is 145 cm³/mol. The van der Waals surface area contributed by atoms with Crippen molar-refractivity contribution in [2.75, 3.05) is 20.2 Å². The Morgan fingerprint density at radius 3 is 2.69 bits per heavy atom. The molecule has 2 aliphatic heterocycles. The Morgan fingerprint density at radius 1 is 1.14 bits per heavy atom. The van der Waals surface area contributed by atoms with Crippen molar-refractivity contribution in [2.24, 2.45) is 7.05 Å². The molecule has 6 rings (SSSR count). The molecule has 2 bridgehead atoms. The molecule has 2 atom stereocenters. The number of benzene rings is 2. The monoisotopic (exact) mass is 502 g/mol. The SMILES string of the molecule is COc1cc(-c2cn(C)c(=O)c3c2ccn3SOc2ccc(C)cc2)ccc1CN1C[C@@H]2C[C@H]1CN2. The number of likely N-dealkylation sites (tertiary alicyclic amines) is 1. The largest absolute Gasteiger partial charge is 0.496 e. The van der Waals surface area contributed by atoms with E-state index in [-0.39, 0.29) is 5.56 Å². The number of nitrogens with zero attached hydrogens (tertiary/aromatic N) is 3. The maximum atomic E-state index is 13.1. The Labute approximate surface area is 215 Å². The second-order valence-corrected chi connectivity index (χ2v) is 10.5. The van der Waals surface area contributed by atoms with Gasteiger partial charge in [0, 0.05) is 67.7 Å². The van der Waals surface area contributed by atoms with Crippen molar-refractivity contribution in [1.29, 1.82) is 0 Å². The molecule has 0 aliphatic carbocycles. The van der Waals surface area contributed by atoms with Gasteiger partial charge in [0.05, 0.1) is 7.11 Å². The first-order valence-corrected chi connectivity index (χ1v) is 13.0. The molecule has 8 heteroatoms. The number of methoxy groups -OCH3 is 1. The molecule has 0 saturated carbocycles. The van der Waals surface area contributed by atoms with Crippen LogP contribution in [-0.2, 0) is 13.6 Å². The van der Waals surface area contributed by atoms with E-state index in [0.717, 1.165) is 59.9 Å². The molecule has 186 valence electrons. The summed E-state index contributed by atoms with van der Waals surface area (Å²) in [5, 5.41) is 4.45. The molecule has 0 unspecified atom stereocenters. The lowest BCUT2D eigenvalue weighted by molar-refractivity contribution is 0.215. The Morgan fingerprint density at radius 2 is 1.97 bits per heavy atom. The average Bonchev–Trinajstić information content (AvgIpc) is 3.62. The number of hydrogen-bond donors (Lipinski definition) is 1. The molecule has 2 saturated heterocycles. The Balaban J connectivity index is 1.32. The summed E-state index contributed by atoms with van der Waals surface area (Å²) in [4.78, 5) is 15.7. The van der Waals surface area contributed by atoms with Crippen LogP contribution in [0.4, 0.5) is 0 Å². The molecule has 36 heavy (non-hydrogen) atoms. The summed E-state index contributed by atoms with van der Waals surface area (Å²) in [6, 6.07) is 17.5. The molecule has 2 aliphatic rings. The summed E-state index contributed by atoms with van der Waals surface area (Å²) >= 11 is 1.14. The first-order valence-electron chi connectivity index (χ1n) is 12.3. The van der Waals surface area contributed by atoms with Gasteiger partial charge in [-0.2, -0.15) is 0 Å². The third-order valence-corrected chi connectivity index (χ3v) is 8.10. The maximum absolute atomic E-state index is 13.1. The summed E-state index contributed by atoms with van der Waals surface area (Å²) in [5.74, 6) is 1.62. The molecule has 2 aromatic carbocycles. The molecule has 2 aromatic heterocycles. The molecule has 1 N–H and O–H groups in total. The lowest BCUT2D eigenvalue weighted by Crippen LogP contribution is -2.43. The third kappa shape index (κ3) is 4.19. The van der Waals surface area contributed by atoms with Gasteiger partial charge in [-0.3, -0.25) is 13.7 Å². The fourth-order valence-electron chi connectivity index (χ4n) is 5.40. The van der Waals surface area contributed by atoms with E-state index >= 15 is 0 Å². The molecular weight excluding hydrogens is 472 g/mol. The molecule has 0 amide bonds. The summed E-state index contributed by atoms with van der Waals surface area (Å²) in [6.45, 7) is 5.09. The van der Waals surface area contributed by atoms with Crippen molar-refractivity contribution in [3.63, 3.8) is 0 Å². The van der Waals surface area contributed by atoms with Gasteiger partial charge < -0.3 is 18.8 Å². The van der Waals surface area contributed by atoms with Gasteiger partial charge in [-0.25, -0.2) is 0 Å². The van der Waals surface area contributed by atoms with Gasteiger partial charge in [0.2, 0.25) is 0 Å². The second-order valence-electron chi connectivity index (χ2n) is 9.78. The first-order chi connectivity index (χ1) is 17.5. The smallest absolute Gasteiger partial charge is 0.275 e. The molecule has 4 heterocycles. The van der Waals surface area contributed by atoms with Crippen molar-refractivity contribution in [3.8, 4) is 22.6 Å². The van der Waals surface area contributed by atoms with Gasteiger partial charge in [0.1, 0.15) is 17.0 Å². The van der Waals surface area contributed by atoms with Crippen LogP contribution in [0.25, 0.3) is 22.0 Å². The van der Waals surface area contributed by atoms with Crippen molar-refractivity contribution in [1.82, 2.24) is 18.8 Å². The van der Waals surface area contributed by atoms with Crippen molar-refractivity contribution >= 4 is 23.1 Å². The van der Waals surface area contributed by atoms with Gasteiger partial charge in [-0.05, 0) is 43.2 Å². The lowest BCUT2D eigenvalue weighted by Gasteiger charge is -2.28. The zero-order valence-electron chi connectivity index (χ0n) is 20.7. The highest BCUT2D eigenvalue weighted by atomic mass is 32.2. The number of ether oxygens (including phenoxy) is 1. The Bertz CT molecular complexity index is 1480. The van der Waals surface area contributed by atoms with Crippen LogP contribution in [-0.4, -0.2) is 45.7 Å². The number of pyridine rings is 1. The zero-order valence-corrected chi connectivity index (χ0v) is 21.5. The van der Waals surface area contributed by atoms with Crippen molar-refractivity contribution < 1.29 is 8.92 Å². The molecule has 4 aromatic rings. The summed E-state index contributed by atoms with van der Waals surface area (Å²) in [7, 11) is 3.52. The standard InChI is InChI=1S/C28H30N4O3S/c1-18-4-8-23(9-5-18)35-36-32-11-10-24-25(17-30(2)28(33)27(24)32)19-6-7-20(26(12-19)34-3)15-31-16-21-13-22(31)14-29-21/h4-12,17,21-22,29H,13-16H2,1-3H3/t21-,22-/m0/s1. The second kappa shape index (κ2) is 9.35. The van der Waals surface area contributed by atoms with E-state index in [4.69, 9.17) is 8.92 Å². The highest BCUT2D eigenvalue weighted by Crippen LogP contribution is 2.35. The van der Waals surface area contributed by atoms with Crippen LogP contribution in [0.5, 0.6) is 11.5 Å². The van der Waals surface area contributed by atoms with Crippen molar-refractivity contribution in [3.05, 3.63) is 82.4 Å². The average molecular weight is 503 g/mol. The molecule has 7 nitrogen and oxygen atoms in total. The summed E-state index contributed by atoms with van der Waals surface area (Å²) in [5.41, 5.74) is 4.88. The van der Waals surface area contributed by atoms with Crippen LogP contribution in [0, 0.1) is 6.92 Å². The fourth-order valence-corrected chi connectivity index (χ4v) is 6.04. The van der Waals surface area contributed by atoms with Crippen LogP contribution in [0.1, 0.15) is 17.5 Å². The van der Waals surface area contributed by atoms with Crippen LogP contribution >= 0.6 is 12.2 Å². The lowest BCUT2D eigenvalue weighted by atomic mass is 10.0. The Hall–Kier alpha value is -3.20.